The summed E-state index contributed by atoms with van der Waals surface area (Å²) in [5, 5.41) is 5.62. The Morgan fingerprint density at radius 1 is 1.02 bits per heavy atom. The maximum Gasteiger partial charge on any atom is 0.338 e. The average Bonchev–Trinajstić information content (AvgIpc) is 3.35. The van der Waals surface area contributed by atoms with Gasteiger partial charge in [0.2, 0.25) is 5.91 Å². The van der Waals surface area contributed by atoms with Gasteiger partial charge in [-0.25, -0.2) is 9.79 Å². The molecule has 0 bridgehead atoms. The van der Waals surface area contributed by atoms with Crippen molar-refractivity contribution >= 4 is 28.8 Å². The number of hydrogen-bond donors (Lipinski definition) is 1. The molecule has 0 spiro atoms. The van der Waals surface area contributed by atoms with Gasteiger partial charge in [0.15, 0.2) is 5.17 Å². The number of carbonyl (C=O) groups excluding carboxylic acids is 2. The molecule has 0 saturated carbocycles. The number of hydrogen-bond acceptors (Lipinski definition) is 8. The van der Waals surface area contributed by atoms with Gasteiger partial charge in [-0.3, -0.25) is 9.78 Å². The molecular formula is C31H30N4O4S. The zero-order valence-corrected chi connectivity index (χ0v) is 23.2. The van der Waals surface area contributed by atoms with Crippen LogP contribution in [0.5, 0.6) is 11.5 Å². The van der Waals surface area contributed by atoms with E-state index in [0.29, 0.717) is 40.9 Å². The van der Waals surface area contributed by atoms with Gasteiger partial charge < -0.3 is 19.7 Å². The van der Waals surface area contributed by atoms with Crippen LogP contribution in [0.15, 0.2) is 106 Å². The van der Waals surface area contributed by atoms with Crippen LogP contribution in [0.3, 0.4) is 0 Å². The van der Waals surface area contributed by atoms with Crippen molar-refractivity contribution in [2.75, 3.05) is 13.2 Å². The maximum atomic E-state index is 13.2. The first-order chi connectivity index (χ1) is 19.5. The molecule has 2 aliphatic rings. The topological polar surface area (TPSA) is 93.1 Å². The summed E-state index contributed by atoms with van der Waals surface area (Å²) in [6.45, 7) is 4.32. The van der Waals surface area contributed by atoms with Crippen LogP contribution in [-0.4, -0.2) is 40.1 Å². The first kappa shape index (κ1) is 27.2. The number of esters is 1. The molecule has 40 heavy (non-hydrogen) atoms. The molecule has 0 aliphatic carbocycles. The standard InChI is InChI=1S/C31H30N4O4S/c1-3-38-30(37)28-21(2)34-31-35(24(20-40-31)19-27(36)33-17-15-23-11-7-8-16-32-23)29(28)22-10-9-14-26(18-22)39-25-12-5-4-6-13-25/h4-14,16,18,20,29H,3,15,17,19H2,1-2H3,(H,33,36). The number of fused-ring (bicyclic) bond motifs is 1. The summed E-state index contributed by atoms with van der Waals surface area (Å²) < 4.78 is 11.5. The molecule has 3 heterocycles. The third kappa shape index (κ3) is 6.26. The predicted molar refractivity (Wildman–Crippen MR) is 156 cm³/mol. The number of thioether (sulfide) groups is 1. The van der Waals surface area contributed by atoms with Crippen LogP contribution in [0.25, 0.3) is 0 Å². The van der Waals surface area contributed by atoms with Crippen LogP contribution in [-0.2, 0) is 20.7 Å². The highest BCUT2D eigenvalue weighted by atomic mass is 32.2. The number of amides is 1. The molecule has 1 aromatic heterocycles. The van der Waals surface area contributed by atoms with Gasteiger partial charge in [0.1, 0.15) is 11.5 Å². The minimum Gasteiger partial charge on any atom is -0.463 e. The predicted octanol–water partition coefficient (Wildman–Crippen LogP) is 5.76. The minimum atomic E-state index is -0.534. The number of aromatic nitrogens is 1. The van der Waals surface area contributed by atoms with E-state index < -0.39 is 12.0 Å². The molecule has 3 aromatic rings. The van der Waals surface area contributed by atoms with Crippen molar-refractivity contribution in [1.29, 1.82) is 0 Å². The fraction of sp³-hybridized carbons (Fsp3) is 0.226. The Morgan fingerprint density at radius 3 is 2.60 bits per heavy atom. The number of aliphatic imine (C=N–C) groups is 1. The Balaban J connectivity index is 1.40. The summed E-state index contributed by atoms with van der Waals surface area (Å²) in [4.78, 5) is 37.2. The Morgan fingerprint density at radius 2 is 1.82 bits per heavy atom. The largest absolute Gasteiger partial charge is 0.463 e. The average molecular weight is 555 g/mol. The van der Waals surface area contributed by atoms with Gasteiger partial charge in [-0.2, -0.15) is 0 Å². The van der Waals surface area contributed by atoms with Gasteiger partial charge in [-0.1, -0.05) is 48.2 Å². The fourth-order valence-corrected chi connectivity index (χ4v) is 5.59. The number of rotatable bonds is 10. The highest BCUT2D eigenvalue weighted by molar-refractivity contribution is 8.16. The second kappa shape index (κ2) is 12.7. The molecule has 1 unspecified atom stereocenters. The molecule has 2 aromatic carbocycles. The Kier molecular flexibility index (Phi) is 8.61. The van der Waals surface area contributed by atoms with E-state index in [1.165, 1.54) is 11.8 Å². The smallest absolute Gasteiger partial charge is 0.338 e. The van der Waals surface area contributed by atoms with E-state index in [1.807, 2.05) is 90.0 Å². The lowest BCUT2D eigenvalue weighted by Gasteiger charge is -2.36. The molecule has 2 aliphatic heterocycles. The summed E-state index contributed by atoms with van der Waals surface area (Å²) in [7, 11) is 0. The molecule has 8 nitrogen and oxygen atoms in total. The Bertz CT molecular complexity index is 1470. The number of allylic oxidation sites excluding steroid dienone is 1. The summed E-state index contributed by atoms with van der Waals surface area (Å²) in [6.07, 6.45) is 2.52. The van der Waals surface area contributed by atoms with Crippen LogP contribution in [0.2, 0.25) is 0 Å². The summed E-state index contributed by atoms with van der Waals surface area (Å²) in [5.74, 6) is 0.798. The fourth-order valence-electron chi connectivity index (χ4n) is 4.63. The third-order valence-electron chi connectivity index (χ3n) is 6.42. The third-order valence-corrected chi connectivity index (χ3v) is 7.31. The molecule has 0 saturated heterocycles. The summed E-state index contributed by atoms with van der Waals surface area (Å²) >= 11 is 1.44. The van der Waals surface area contributed by atoms with Crippen LogP contribution in [0.4, 0.5) is 0 Å². The normalized spacial score (nSPS) is 16.1. The summed E-state index contributed by atoms with van der Waals surface area (Å²) in [6, 6.07) is 22.4. The van der Waals surface area contributed by atoms with E-state index >= 15 is 0 Å². The monoisotopic (exact) mass is 554 g/mol. The van der Waals surface area contributed by atoms with Crippen LogP contribution in [0.1, 0.15) is 37.6 Å². The second-order valence-electron chi connectivity index (χ2n) is 9.20. The van der Waals surface area contributed by atoms with E-state index in [1.54, 1.807) is 13.1 Å². The molecule has 1 N–H and O–H groups in total. The first-order valence-corrected chi connectivity index (χ1v) is 14.0. The number of nitrogens with zero attached hydrogens (tertiary/aromatic N) is 3. The van der Waals surface area contributed by atoms with Crippen molar-refractivity contribution in [2.45, 2.75) is 32.7 Å². The number of nitrogens with one attached hydrogen (secondary N) is 1. The van der Waals surface area contributed by atoms with Gasteiger partial charge in [0, 0.05) is 30.6 Å². The quantitative estimate of drug-likeness (QED) is 0.319. The zero-order valence-electron chi connectivity index (χ0n) is 22.4. The second-order valence-corrected chi connectivity index (χ2v) is 10.0. The van der Waals surface area contributed by atoms with Crippen molar-refractivity contribution in [2.24, 2.45) is 4.99 Å². The minimum absolute atomic E-state index is 0.118. The van der Waals surface area contributed by atoms with Crippen LogP contribution >= 0.6 is 11.8 Å². The lowest BCUT2D eigenvalue weighted by atomic mass is 9.93. The van der Waals surface area contributed by atoms with Crippen LogP contribution < -0.4 is 10.1 Å². The van der Waals surface area contributed by atoms with Crippen molar-refractivity contribution in [3.63, 3.8) is 0 Å². The lowest BCUT2D eigenvalue weighted by Crippen LogP contribution is -2.38. The van der Waals surface area contributed by atoms with E-state index in [9.17, 15) is 9.59 Å². The number of ether oxygens (including phenoxy) is 2. The van der Waals surface area contributed by atoms with Gasteiger partial charge in [-0.15, -0.1) is 0 Å². The maximum absolute atomic E-state index is 13.2. The van der Waals surface area contributed by atoms with E-state index in [0.717, 1.165) is 17.0 Å². The molecule has 5 rings (SSSR count). The number of amidine groups is 1. The van der Waals surface area contributed by atoms with Gasteiger partial charge in [0.05, 0.1) is 30.3 Å². The van der Waals surface area contributed by atoms with E-state index in [4.69, 9.17) is 14.5 Å². The number of pyridine rings is 1. The van der Waals surface area contributed by atoms with Gasteiger partial charge in [0.25, 0.3) is 0 Å². The Labute approximate surface area is 237 Å². The van der Waals surface area contributed by atoms with E-state index in [2.05, 4.69) is 10.3 Å². The summed E-state index contributed by atoms with van der Waals surface area (Å²) in [5.41, 5.74) is 3.53. The van der Waals surface area contributed by atoms with Crippen LogP contribution in [0, 0.1) is 0 Å². The highest BCUT2D eigenvalue weighted by Crippen LogP contribution is 2.45. The molecule has 0 fully saturated rings. The molecule has 1 amide bonds. The Hall–Kier alpha value is -4.37. The zero-order chi connectivity index (χ0) is 27.9. The van der Waals surface area contributed by atoms with Gasteiger partial charge >= 0.3 is 5.97 Å². The molecule has 204 valence electrons. The van der Waals surface area contributed by atoms with Crippen molar-refractivity contribution in [1.82, 2.24) is 15.2 Å². The molecular weight excluding hydrogens is 524 g/mol. The SMILES string of the molecule is CCOC(=O)C1=C(C)N=C2SC=C(CC(=O)NCCc3ccccn3)N2C1c1cccc(Oc2ccccc2)c1. The van der Waals surface area contributed by atoms with Gasteiger partial charge in [-0.05, 0) is 61.2 Å². The molecule has 0 radical (unpaired) electrons. The van der Waals surface area contributed by atoms with Crippen molar-refractivity contribution < 1.29 is 19.1 Å². The van der Waals surface area contributed by atoms with E-state index in [-0.39, 0.29) is 18.9 Å². The number of carbonyl (C=O) groups is 2. The molecule has 9 heteroatoms. The number of benzene rings is 2. The highest BCUT2D eigenvalue weighted by Gasteiger charge is 2.41. The molecule has 1 atom stereocenters. The van der Waals surface area contributed by atoms with Crippen molar-refractivity contribution in [3.05, 3.63) is 113 Å². The first-order valence-electron chi connectivity index (χ1n) is 13.1. The van der Waals surface area contributed by atoms with Crippen molar-refractivity contribution in [3.8, 4) is 11.5 Å². The lowest BCUT2D eigenvalue weighted by molar-refractivity contribution is -0.139. The number of para-hydroxylation sites is 1.